The van der Waals surface area contributed by atoms with Crippen molar-refractivity contribution in [3.05, 3.63) is 109 Å². The summed E-state index contributed by atoms with van der Waals surface area (Å²) in [5.74, 6) is -0.701. The number of carbonyl (C=O) groups is 2. The first-order valence-corrected chi connectivity index (χ1v) is 18.4. The second-order valence-electron chi connectivity index (χ2n) is 11.5. The smallest absolute Gasteiger partial charge is 0.306 e. The van der Waals surface area contributed by atoms with Crippen LogP contribution in [-0.4, -0.2) is 36.4 Å². The predicted molar refractivity (Wildman–Crippen MR) is 205 cm³/mol. The van der Waals surface area contributed by atoms with Crippen LogP contribution in [0.25, 0.3) is 0 Å². The lowest BCUT2D eigenvalue weighted by Gasteiger charge is -2.15. The monoisotopic (exact) mass is 662 g/mol. The van der Waals surface area contributed by atoms with Gasteiger partial charge in [0, 0.05) is 12.8 Å². The summed E-state index contributed by atoms with van der Waals surface area (Å²) in [5, 5.41) is 9.53. The van der Waals surface area contributed by atoms with E-state index in [-0.39, 0.29) is 25.2 Å². The Morgan fingerprint density at radius 1 is 0.479 bits per heavy atom. The van der Waals surface area contributed by atoms with Gasteiger partial charge in [-0.3, -0.25) is 9.59 Å². The molecule has 1 atom stereocenters. The van der Waals surface area contributed by atoms with E-state index in [1.165, 1.54) is 0 Å². The zero-order valence-corrected chi connectivity index (χ0v) is 30.2. The Labute approximate surface area is 293 Å². The van der Waals surface area contributed by atoms with Crippen molar-refractivity contribution in [3.8, 4) is 0 Å². The van der Waals surface area contributed by atoms with Crippen LogP contribution >= 0.6 is 0 Å². The first-order chi connectivity index (χ1) is 23.6. The molecule has 0 aliphatic heterocycles. The van der Waals surface area contributed by atoms with Crippen LogP contribution in [0.4, 0.5) is 0 Å². The van der Waals surface area contributed by atoms with Crippen LogP contribution in [0.15, 0.2) is 109 Å². The minimum atomic E-state index is -0.814. The molecule has 0 aromatic heterocycles. The third kappa shape index (κ3) is 35.4. The maximum absolute atomic E-state index is 12.1. The molecule has 48 heavy (non-hydrogen) atoms. The van der Waals surface area contributed by atoms with Gasteiger partial charge in [-0.05, 0) is 89.9 Å². The molecule has 0 aliphatic carbocycles. The van der Waals surface area contributed by atoms with Gasteiger partial charge < -0.3 is 14.6 Å². The summed E-state index contributed by atoms with van der Waals surface area (Å²) in [6.45, 7) is 3.81. The van der Waals surface area contributed by atoms with Gasteiger partial charge >= 0.3 is 11.9 Å². The third-order valence-electron chi connectivity index (χ3n) is 7.06. The summed E-state index contributed by atoms with van der Waals surface area (Å²) in [5.41, 5.74) is 0. The van der Waals surface area contributed by atoms with E-state index >= 15 is 0 Å². The van der Waals surface area contributed by atoms with Crippen LogP contribution in [0.3, 0.4) is 0 Å². The summed E-state index contributed by atoms with van der Waals surface area (Å²) in [6.07, 6.45) is 54.3. The van der Waals surface area contributed by atoms with E-state index in [0.717, 1.165) is 96.3 Å². The number of hydrogen-bond acceptors (Lipinski definition) is 5. The highest BCUT2D eigenvalue weighted by Crippen LogP contribution is 2.09. The fraction of sp³-hybridized carbons (Fsp3) is 0.535. The summed E-state index contributed by atoms with van der Waals surface area (Å²) >= 11 is 0. The molecule has 0 spiro atoms. The molecule has 0 saturated carbocycles. The van der Waals surface area contributed by atoms with Gasteiger partial charge in [0.15, 0.2) is 6.10 Å². The largest absolute Gasteiger partial charge is 0.462 e. The number of rotatable bonds is 31. The first-order valence-electron chi connectivity index (χ1n) is 18.4. The molecule has 0 unspecified atom stereocenters. The van der Waals surface area contributed by atoms with Crippen molar-refractivity contribution >= 4 is 11.9 Å². The molecule has 0 saturated heterocycles. The standard InChI is InChI=1S/C43H66O5/c1-3-5-7-9-11-13-15-17-19-21-23-25-27-29-31-33-35-37-42(45)47-40-41(39-44)48-43(46)38-36-34-32-30-28-26-24-22-20-18-16-14-12-10-8-6-4-2/h5-8,11-14,17-20,23-26,29,31,41,44H,3-4,9-10,15-16,21-22,27-28,30,32-40H2,1-2H3/t41-/m0/s1. The first kappa shape index (κ1) is 44.6. The number of unbranched alkanes of at least 4 members (excludes halogenated alkanes) is 5. The number of carbonyl (C=O) groups excluding carboxylic acids is 2. The molecule has 0 amide bonds. The zero-order valence-electron chi connectivity index (χ0n) is 30.2. The number of allylic oxidation sites excluding steroid dienone is 18. The van der Waals surface area contributed by atoms with Crippen molar-refractivity contribution in [1.29, 1.82) is 0 Å². The van der Waals surface area contributed by atoms with Gasteiger partial charge in [-0.15, -0.1) is 0 Å². The molecule has 0 bridgehead atoms. The van der Waals surface area contributed by atoms with E-state index in [2.05, 4.69) is 123 Å². The van der Waals surface area contributed by atoms with Crippen LogP contribution in [-0.2, 0) is 19.1 Å². The number of esters is 2. The average molecular weight is 663 g/mol. The lowest BCUT2D eigenvalue weighted by molar-refractivity contribution is -0.161. The van der Waals surface area contributed by atoms with Gasteiger partial charge in [-0.25, -0.2) is 0 Å². The van der Waals surface area contributed by atoms with Gasteiger partial charge in [-0.1, -0.05) is 136 Å². The highest BCUT2D eigenvalue weighted by Gasteiger charge is 2.15. The summed E-state index contributed by atoms with van der Waals surface area (Å²) in [7, 11) is 0. The van der Waals surface area contributed by atoms with Gasteiger partial charge in [0.2, 0.25) is 0 Å². The highest BCUT2D eigenvalue weighted by molar-refractivity contribution is 5.70. The van der Waals surface area contributed by atoms with Crippen LogP contribution in [0, 0.1) is 0 Å². The molecule has 0 aromatic carbocycles. The van der Waals surface area contributed by atoms with Crippen molar-refractivity contribution in [2.75, 3.05) is 13.2 Å². The Morgan fingerprint density at radius 2 is 0.854 bits per heavy atom. The Balaban J connectivity index is 3.77. The second-order valence-corrected chi connectivity index (χ2v) is 11.5. The van der Waals surface area contributed by atoms with E-state index in [1.807, 2.05) is 0 Å². The molecular weight excluding hydrogens is 596 g/mol. The van der Waals surface area contributed by atoms with Gasteiger partial charge in [0.25, 0.3) is 0 Å². The Hall–Kier alpha value is -3.44. The van der Waals surface area contributed by atoms with Crippen molar-refractivity contribution in [2.24, 2.45) is 0 Å². The van der Waals surface area contributed by atoms with Crippen molar-refractivity contribution < 1.29 is 24.2 Å². The van der Waals surface area contributed by atoms with E-state index in [4.69, 9.17) is 9.47 Å². The van der Waals surface area contributed by atoms with Gasteiger partial charge in [0.05, 0.1) is 6.61 Å². The minimum Gasteiger partial charge on any atom is -0.462 e. The Bertz CT molecular complexity index is 1020. The Kier molecular flexibility index (Phi) is 35.3. The maximum atomic E-state index is 12.1. The molecule has 0 rings (SSSR count). The lowest BCUT2D eigenvalue weighted by atomic mass is 10.1. The quantitative estimate of drug-likeness (QED) is 0.0454. The van der Waals surface area contributed by atoms with Crippen LogP contribution in [0.5, 0.6) is 0 Å². The minimum absolute atomic E-state index is 0.113. The fourth-order valence-corrected chi connectivity index (χ4v) is 4.34. The van der Waals surface area contributed by atoms with Crippen LogP contribution in [0.2, 0.25) is 0 Å². The lowest BCUT2D eigenvalue weighted by Crippen LogP contribution is -2.28. The molecule has 1 N–H and O–H groups in total. The summed E-state index contributed by atoms with van der Waals surface area (Å²) in [4.78, 5) is 24.2. The van der Waals surface area contributed by atoms with E-state index < -0.39 is 6.10 Å². The van der Waals surface area contributed by atoms with Crippen molar-refractivity contribution in [2.45, 2.75) is 136 Å². The molecule has 0 aliphatic rings. The molecule has 0 heterocycles. The highest BCUT2D eigenvalue weighted by atomic mass is 16.6. The van der Waals surface area contributed by atoms with E-state index in [9.17, 15) is 14.7 Å². The normalized spacial score (nSPS) is 13.5. The number of ether oxygens (including phenoxy) is 2. The van der Waals surface area contributed by atoms with Crippen LogP contribution in [0.1, 0.15) is 129 Å². The zero-order chi connectivity index (χ0) is 35.0. The van der Waals surface area contributed by atoms with Crippen LogP contribution < -0.4 is 0 Å². The predicted octanol–water partition coefficient (Wildman–Crippen LogP) is 11.5. The van der Waals surface area contributed by atoms with E-state index in [0.29, 0.717) is 19.3 Å². The fourth-order valence-electron chi connectivity index (χ4n) is 4.34. The molecular formula is C43H66O5. The van der Waals surface area contributed by atoms with Gasteiger partial charge in [0.1, 0.15) is 6.61 Å². The SMILES string of the molecule is CCC=CCC=CCC=CCC=CCC=CCCCC(=O)OC[C@H](CO)OC(=O)CCCCCCC=CCC=CCC=CCC=CCC. The average Bonchev–Trinajstić information content (AvgIpc) is 3.09. The summed E-state index contributed by atoms with van der Waals surface area (Å²) in [6, 6.07) is 0. The number of hydrogen-bond donors (Lipinski definition) is 1. The van der Waals surface area contributed by atoms with E-state index in [1.54, 1.807) is 0 Å². The van der Waals surface area contributed by atoms with Gasteiger partial charge in [-0.2, -0.15) is 0 Å². The maximum Gasteiger partial charge on any atom is 0.306 e. The van der Waals surface area contributed by atoms with Crippen molar-refractivity contribution in [1.82, 2.24) is 0 Å². The molecule has 5 heteroatoms. The number of aliphatic hydroxyl groups excluding tert-OH is 1. The van der Waals surface area contributed by atoms with Crippen molar-refractivity contribution in [3.63, 3.8) is 0 Å². The topological polar surface area (TPSA) is 72.8 Å². The third-order valence-corrected chi connectivity index (χ3v) is 7.06. The molecule has 0 radical (unpaired) electrons. The molecule has 0 aromatic rings. The Morgan fingerprint density at radius 3 is 1.29 bits per heavy atom. The second kappa shape index (κ2) is 38.0. The summed E-state index contributed by atoms with van der Waals surface area (Å²) < 4.78 is 10.5. The molecule has 268 valence electrons. The number of aliphatic hydroxyl groups is 1. The molecule has 5 nitrogen and oxygen atoms in total. The molecule has 0 fully saturated rings.